The van der Waals surface area contributed by atoms with E-state index in [0.29, 0.717) is 13.2 Å². The molecule has 0 atom stereocenters. The van der Waals surface area contributed by atoms with Crippen molar-refractivity contribution in [2.24, 2.45) is 0 Å². The standard InChI is InChI=1S/C6H6O2S.C2H6/c1-2-8-6-4-9-3-5(6)7-1;1-2/h3-4H,1-2H2;1-2H3. The minimum atomic E-state index is 0.684. The third kappa shape index (κ3) is 1.87. The topological polar surface area (TPSA) is 18.5 Å². The Labute approximate surface area is 70.8 Å². The van der Waals surface area contributed by atoms with Crippen LogP contribution in [0.25, 0.3) is 0 Å². The predicted octanol–water partition coefficient (Wildman–Crippen LogP) is 2.55. The van der Waals surface area contributed by atoms with E-state index in [4.69, 9.17) is 9.47 Å². The molecule has 0 spiro atoms. The van der Waals surface area contributed by atoms with Gasteiger partial charge in [-0.25, -0.2) is 0 Å². The lowest BCUT2D eigenvalue weighted by atomic mass is 10.5. The summed E-state index contributed by atoms with van der Waals surface area (Å²) in [6, 6.07) is 0. The van der Waals surface area contributed by atoms with E-state index in [-0.39, 0.29) is 0 Å². The van der Waals surface area contributed by atoms with E-state index in [1.165, 1.54) is 0 Å². The lowest BCUT2D eigenvalue weighted by Crippen LogP contribution is -2.13. The molecule has 0 aliphatic carbocycles. The molecule has 0 unspecified atom stereocenters. The number of hydrogen-bond donors (Lipinski definition) is 0. The molecule has 1 aromatic rings. The molecule has 0 radical (unpaired) electrons. The van der Waals surface area contributed by atoms with Gasteiger partial charge in [0.2, 0.25) is 0 Å². The SMILES string of the molecule is CC.c1scc2c1OCCO2. The van der Waals surface area contributed by atoms with Gasteiger partial charge >= 0.3 is 0 Å². The Morgan fingerprint density at radius 2 is 1.55 bits per heavy atom. The Bertz CT molecular complexity index is 187. The van der Waals surface area contributed by atoms with E-state index in [2.05, 4.69) is 0 Å². The monoisotopic (exact) mass is 172 g/mol. The summed E-state index contributed by atoms with van der Waals surface area (Å²) in [6.07, 6.45) is 0. The zero-order valence-corrected chi connectivity index (χ0v) is 7.61. The number of rotatable bonds is 0. The molecule has 0 saturated heterocycles. The molecule has 0 fully saturated rings. The molecule has 1 aliphatic rings. The van der Waals surface area contributed by atoms with Crippen LogP contribution in [0.1, 0.15) is 13.8 Å². The van der Waals surface area contributed by atoms with Crippen LogP contribution in [0, 0.1) is 0 Å². The first-order valence-corrected chi connectivity index (χ1v) is 4.73. The van der Waals surface area contributed by atoms with E-state index in [1.807, 2.05) is 24.6 Å². The van der Waals surface area contributed by atoms with Crippen molar-refractivity contribution in [1.82, 2.24) is 0 Å². The Kier molecular flexibility index (Phi) is 3.23. The van der Waals surface area contributed by atoms with Crippen molar-refractivity contribution in [2.75, 3.05) is 13.2 Å². The van der Waals surface area contributed by atoms with Gasteiger partial charge < -0.3 is 9.47 Å². The van der Waals surface area contributed by atoms with Gasteiger partial charge in [-0.05, 0) is 0 Å². The van der Waals surface area contributed by atoms with Crippen molar-refractivity contribution in [3.8, 4) is 11.5 Å². The van der Waals surface area contributed by atoms with Crippen LogP contribution in [0.5, 0.6) is 11.5 Å². The minimum Gasteiger partial charge on any atom is -0.485 e. The second kappa shape index (κ2) is 4.23. The van der Waals surface area contributed by atoms with E-state index >= 15 is 0 Å². The van der Waals surface area contributed by atoms with Crippen molar-refractivity contribution in [3.63, 3.8) is 0 Å². The highest BCUT2D eigenvalue weighted by Gasteiger charge is 2.10. The molecule has 0 saturated carbocycles. The lowest BCUT2D eigenvalue weighted by molar-refractivity contribution is 0.173. The average molecular weight is 172 g/mol. The summed E-state index contributed by atoms with van der Waals surface area (Å²) < 4.78 is 10.5. The Hall–Kier alpha value is -0.700. The Morgan fingerprint density at radius 1 is 1.09 bits per heavy atom. The molecule has 0 amide bonds. The summed E-state index contributed by atoms with van der Waals surface area (Å²) in [5, 5.41) is 3.91. The molecular formula is C8H12O2S. The maximum absolute atomic E-state index is 5.25. The van der Waals surface area contributed by atoms with Gasteiger partial charge in [-0.2, -0.15) is 0 Å². The van der Waals surface area contributed by atoms with Crippen LogP contribution in [-0.2, 0) is 0 Å². The first-order chi connectivity index (χ1) is 5.47. The van der Waals surface area contributed by atoms with E-state index < -0.39 is 0 Å². The van der Waals surface area contributed by atoms with Gasteiger partial charge in [0.15, 0.2) is 11.5 Å². The molecule has 2 rings (SSSR count). The lowest BCUT2D eigenvalue weighted by Gasteiger charge is -2.13. The van der Waals surface area contributed by atoms with Gasteiger partial charge in [-0.3, -0.25) is 0 Å². The summed E-state index contributed by atoms with van der Waals surface area (Å²) in [5.41, 5.74) is 0. The van der Waals surface area contributed by atoms with Gasteiger partial charge in [0.25, 0.3) is 0 Å². The maximum atomic E-state index is 5.25. The largest absolute Gasteiger partial charge is 0.485 e. The minimum absolute atomic E-state index is 0.684. The maximum Gasteiger partial charge on any atom is 0.172 e. The fraction of sp³-hybridized carbons (Fsp3) is 0.500. The van der Waals surface area contributed by atoms with Crippen LogP contribution in [0.2, 0.25) is 0 Å². The van der Waals surface area contributed by atoms with E-state index in [9.17, 15) is 0 Å². The molecule has 0 N–H and O–H groups in total. The fourth-order valence-corrected chi connectivity index (χ4v) is 1.47. The molecule has 2 nitrogen and oxygen atoms in total. The number of ether oxygens (including phenoxy) is 2. The second-order valence-electron chi connectivity index (χ2n) is 1.80. The third-order valence-electron chi connectivity index (χ3n) is 1.19. The highest BCUT2D eigenvalue weighted by atomic mass is 32.1. The Balaban J connectivity index is 0.000000281. The molecule has 62 valence electrons. The van der Waals surface area contributed by atoms with Crippen LogP contribution < -0.4 is 9.47 Å². The molecule has 1 aromatic heterocycles. The molecule has 2 heterocycles. The van der Waals surface area contributed by atoms with Gasteiger partial charge in [0, 0.05) is 10.8 Å². The van der Waals surface area contributed by atoms with Crippen LogP contribution in [0.3, 0.4) is 0 Å². The quantitative estimate of drug-likeness (QED) is 0.598. The van der Waals surface area contributed by atoms with Crippen molar-refractivity contribution in [1.29, 1.82) is 0 Å². The van der Waals surface area contributed by atoms with Gasteiger partial charge in [0.1, 0.15) is 13.2 Å². The van der Waals surface area contributed by atoms with E-state index in [0.717, 1.165) is 11.5 Å². The van der Waals surface area contributed by atoms with Crippen molar-refractivity contribution in [2.45, 2.75) is 13.8 Å². The molecule has 3 heteroatoms. The first kappa shape index (κ1) is 8.40. The highest BCUT2D eigenvalue weighted by molar-refractivity contribution is 7.08. The summed E-state index contributed by atoms with van der Waals surface area (Å²) >= 11 is 1.61. The zero-order chi connectivity index (χ0) is 8.10. The molecule has 0 bridgehead atoms. The fourth-order valence-electron chi connectivity index (χ4n) is 0.787. The summed E-state index contributed by atoms with van der Waals surface area (Å²) in [7, 11) is 0. The number of hydrogen-bond acceptors (Lipinski definition) is 3. The number of thiophene rings is 1. The predicted molar refractivity (Wildman–Crippen MR) is 46.7 cm³/mol. The molecule has 0 aromatic carbocycles. The number of fused-ring (bicyclic) bond motifs is 1. The first-order valence-electron chi connectivity index (χ1n) is 3.78. The smallest absolute Gasteiger partial charge is 0.172 e. The highest BCUT2D eigenvalue weighted by Crippen LogP contribution is 2.33. The summed E-state index contributed by atoms with van der Waals surface area (Å²) in [5.74, 6) is 1.79. The van der Waals surface area contributed by atoms with Crippen molar-refractivity contribution < 1.29 is 9.47 Å². The normalized spacial score (nSPS) is 13.3. The van der Waals surface area contributed by atoms with Crippen molar-refractivity contribution in [3.05, 3.63) is 10.8 Å². The van der Waals surface area contributed by atoms with Crippen molar-refractivity contribution >= 4 is 11.3 Å². The van der Waals surface area contributed by atoms with Crippen LogP contribution in [0.15, 0.2) is 10.8 Å². The van der Waals surface area contributed by atoms with Gasteiger partial charge in [-0.1, -0.05) is 13.8 Å². The summed E-state index contributed by atoms with van der Waals surface area (Å²) in [4.78, 5) is 0. The zero-order valence-electron chi connectivity index (χ0n) is 6.79. The van der Waals surface area contributed by atoms with E-state index in [1.54, 1.807) is 11.3 Å². The van der Waals surface area contributed by atoms with Crippen LogP contribution in [0.4, 0.5) is 0 Å². The van der Waals surface area contributed by atoms with Gasteiger partial charge in [-0.15, -0.1) is 11.3 Å². The summed E-state index contributed by atoms with van der Waals surface area (Å²) in [6.45, 7) is 5.37. The third-order valence-corrected chi connectivity index (χ3v) is 1.89. The van der Waals surface area contributed by atoms with Crippen LogP contribution in [-0.4, -0.2) is 13.2 Å². The molecule has 11 heavy (non-hydrogen) atoms. The molecular weight excluding hydrogens is 160 g/mol. The second-order valence-corrected chi connectivity index (χ2v) is 2.54. The van der Waals surface area contributed by atoms with Crippen LogP contribution >= 0.6 is 11.3 Å². The molecule has 1 aliphatic heterocycles. The van der Waals surface area contributed by atoms with Gasteiger partial charge in [0.05, 0.1) is 0 Å². The average Bonchev–Trinajstić information content (AvgIpc) is 2.55. The Morgan fingerprint density at radius 3 is 2.00 bits per heavy atom.